The van der Waals surface area contributed by atoms with Crippen molar-refractivity contribution in [1.82, 2.24) is 10.2 Å². The van der Waals surface area contributed by atoms with Crippen LogP contribution in [0.1, 0.15) is 25.8 Å². The van der Waals surface area contributed by atoms with Gasteiger partial charge in [-0.25, -0.2) is 0 Å². The number of amides is 1. The molecule has 1 unspecified atom stereocenters. The van der Waals surface area contributed by atoms with Crippen molar-refractivity contribution in [3.63, 3.8) is 0 Å². The zero-order valence-electron chi connectivity index (χ0n) is 13.3. The highest BCUT2D eigenvalue weighted by Crippen LogP contribution is 2.15. The summed E-state index contributed by atoms with van der Waals surface area (Å²) in [6.45, 7) is 6.63. The zero-order chi connectivity index (χ0) is 15.7. The molecule has 0 aliphatic rings. The molecule has 0 heterocycles. The lowest BCUT2D eigenvalue weighted by atomic mass is 10.1. The Kier molecular flexibility index (Phi) is 7.79. The summed E-state index contributed by atoms with van der Waals surface area (Å²) in [6, 6.07) is 7.60. The van der Waals surface area contributed by atoms with Crippen molar-refractivity contribution < 1.29 is 9.53 Å². The molecule has 1 atom stereocenters. The summed E-state index contributed by atoms with van der Waals surface area (Å²) < 4.78 is 4.95. The minimum Gasteiger partial charge on any atom is -0.398 e. The highest BCUT2D eigenvalue weighted by Gasteiger charge is 2.21. The van der Waals surface area contributed by atoms with Gasteiger partial charge in [-0.2, -0.15) is 0 Å². The first-order valence-electron chi connectivity index (χ1n) is 7.44. The molecule has 0 saturated carbocycles. The van der Waals surface area contributed by atoms with Gasteiger partial charge < -0.3 is 15.8 Å². The third kappa shape index (κ3) is 5.73. The summed E-state index contributed by atoms with van der Waals surface area (Å²) in [7, 11) is 1.62. The lowest BCUT2D eigenvalue weighted by molar-refractivity contribution is -0.126. The van der Waals surface area contributed by atoms with E-state index in [2.05, 4.69) is 17.1 Å². The number of nitrogens with zero attached hydrogens (tertiary/aromatic N) is 1. The van der Waals surface area contributed by atoms with Crippen LogP contribution in [0.25, 0.3) is 0 Å². The maximum atomic E-state index is 12.2. The number of benzene rings is 1. The van der Waals surface area contributed by atoms with E-state index in [1.807, 2.05) is 31.2 Å². The normalized spacial score (nSPS) is 12.4. The molecule has 1 amide bonds. The minimum atomic E-state index is -0.193. The van der Waals surface area contributed by atoms with Crippen molar-refractivity contribution in [2.45, 2.75) is 32.9 Å². The predicted octanol–water partition coefficient (Wildman–Crippen LogP) is 1.63. The van der Waals surface area contributed by atoms with Gasteiger partial charge in [-0.15, -0.1) is 0 Å². The first kappa shape index (κ1) is 17.5. The SMILES string of the molecule is CCCN(Cc1ccccc1N)C(C)C(=O)NCCOC. The van der Waals surface area contributed by atoms with Gasteiger partial charge in [-0.05, 0) is 31.5 Å². The standard InChI is InChI=1S/C16H27N3O2/c1-4-10-19(12-14-7-5-6-8-15(14)17)13(2)16(20)18-9-11-21-3/h5-8,13H,4,9-12,17H2,1-3H3,(H,18,20). The Balaban J connectivity index is 2.67. The van der Waals surface area contributed by atoms with E-state index in [1.165, 1.54) is 0 Å². The van der Waals surface area contributed by atoms with Gasteiger partial charge in [0.15, 0.2) is 0 Å². The molecule has 3 N–H and O–H groups in total. The van der Waals surface area contributed by atoms with Gasteiger partial charge in [0.1, 0.15) is 0 Å². The van der Waals surface area contributed by atoms with Crippen LogP contribution in [0.15, 0.2) is 24.3 Å². The van der Waals surface area contributed by atoms with Gasteiger partial charge in [-0.3, -0.25) is 9.69 Å². The van der Waals surface area contributed by atoms with E-state index < -0.39 is 0 Å². The van der Waals surface area contributed by atoms with Gasteiger partial charge in [0.05, 0.1) is 12.6 Å². The maximum Gasteiger partial charge on any atom is 0.237 e. The molecule has 0 saturated heterocycles. The number of nitrogens with one attached hydrogen (secondary N) is 1. The molecule has 118 valence electrons. The van der Waals surface area contributed by atoms with Crippen LogP contribution in [0.2, 0.25) is 0 Å². The second-order valence-electron chi connectivity index (χ2n) is 5.13. The lowest BCUT2D eigenvalue weighted by Gasteiger charge is -2.28. The second kappa shape index (κ2) is 9.37. The Morgan fingerprint density at radius 2 is 2.14 bits per heavy atom. The van der Waals surface area contributed by atoms with Crippen LogP contribution in [0.3, 0.4) is 0 Å². The molecular weight excluding hydrogens is 266 g/mol. The van der Waals surface area contributed by atoms with Gasteiger partial charge in [-0.1, -0.05) is 25.1 Å². The van der Waals surface area contributed by atoms with E-state index in [-0.39, 0.29) is 11.9 Å². The molecule has 0 fully saturated rings. The number of carbonyl (C=O) groups excluding carboxylic acids is 1. The summed E-state index contributed by atoms with van der Waals surface area (Å²) in [5.41, 5.74) is 7.82. The molecule has 0 spiro atoms. The van der Waals surface area contributed by atoms with E-state index >= 15 is 0 Å². The van der Waals surface area contributed by atoms with Gasteiger partial charge >= 0.3 is 0 Å². The molecule has 5 heteroatoms. The fraction of sp³-hybridized carbons (Fsp3) is 0.562. The second-order valence-corrected chi connectivity index (χ2v) is 5.13. The molecule has 0 bridgehead atoms. The van der Waals surface area contributed by atoms with Crippen molar-refractivity contribution >= 4 is 11.6 Å². The van der Waals surface area contributed by atoms with Gasteiger partial charge in [0, 0.05) is 25.9 Å². The molecule has 5 nitrogen and oxygen atoms in total. The van der Waals surface area contributed by atoms with Crippen molar-refractivity contribution in [3.8, 4) is 0 Å². The van der Waals surface area contributed by atoms with Crippen LogP contribution < -0.4 is 11.1 Å². The largest absolute Gasteiger partial charge is 0.398 e. The first-order chi connectivity index (χ1) is 10.1. The van der Waals surface area contributed by atoms with E-state index in [0.717, 1.165) is 24.2 Å². The number of hydrogen-bond acceptors (Lipinski definition) is 4. The Hall–Kier alpha value is -1.59. The van der Waals surface area contributed by atoms with E-state index in [0.29, 0.717) is 19.7 Å². The lowest BCUT2D eigenvalue weighted by Crippen LogP contribution is -2.45. The Bertz CT molecular complexity index is 437. The van der Waals surface area contributed by atoms with Crippen LogP contribution in [0, 0.1) is 0 Å². The van der Waals surface area contributed by atoms with Crippen LogP contribution in [-0.4, -0.2) is 43.7 Å². The quantitative estimate of drug-likeness (QED) is 0.536. The van der Waals surface area contributed by atoms with Crippen LogP contribution in [0.4, 0.5) is 5.69 Å². The summed E-state index contributed by atoms with van der Waals surface area (Å²) in [4.78, 5) is 14.3. The van der Waals surface area contributed by atoms with Gasteiger partial charge in [0.2, 0.25) is 5.91 Å². The Labute approximate surface area is 127 Å². The molecule has 0 radical (unpaired) electrons. The monoisotopic (exact) mass is 293 g/mol. The first-order valence-corrected chi connectivity index (χ1v) is 7.44. The van der Waals surface area contributed by atoms with Crippen LogP contribution >= 0.6 is 0 Å². The average molecular weight is 293 g/mol. The highest BCUT2D eigenvalue weighted by molar-refractivity contribution is 5.81. The number of anilines is 1. The van der Waals surface area contributed by atoms with Crippen molar-refractivity contribution in [2.75, 3.05) is 32.5 Å². The number of para-hydroxylation sites is 1. The molecule has 0 aliphatic carbocycles. The molecule has 0 aliphatic heterocycles. The van der Waals surface area contributed by atoms with E-state index in [4.69, 9.17) is 10.5 Å². The average Bonchev–Trinajstić information content (AvgIpc) is 2.48. The molecule has 1 aromatic rings. The van der Waals surface area contributed by atoms with Crippen molar-refractivity contribution in [2.24, 2.45) is 0 Å². The summed E-state index contributed by atoms with van der Waals surface area (Å²) in [5, 5.41) is 2.89. The molecule has 1 aromatic carbocycles. The third-order valence-corrected chi connectivity index (χ3v) is 3.47. The maximum absolute atomic E-state index is 12.2. The van der Waals surface area contributed by atoms with Crippen LogP contribution in [0.5, 0.6) is 0 Å². The van der Waals surface area contributed by atoms with Gasteiger partial charge in [0.25, 0.3) is 0 Å². The van der Waals surface area contributed by atoms with E-state index in [1.54, 1.807) is 7.11 Å². The fourth-order valence-electron chi connectivity index (χ4n) is 2.18. The predicted molar refractivity (Wildman–Crippen MR) is 85.9 cm³/mol. The highest BCUT2D eigenvalue weighted by atomic mass is 16.5. The molecule has 21 heavy (non-hydrogen) atoms. The summed E-state index contributed by atoms with van der Waals surface area (Å²) in [5.74, 6) is 0.0232. The smallest absolute Gasteiger partial charge is 0.237 e. The number of carbonyl (C=O) groups is 1. The third-order valence-electron chi connectivity index (χ3n) is 3.47. The summed E-state index contributed by atoms with van der Waals surface area (Å²) >= 11 is 0. The number of nitrogens with two attached hydrogens (primary N) is 1. The van der Waals surface area contributed by atoms with E-state index in [9.17, 15) is 4.79 Å². The van der Waals surface area contributed by atoms with Crippen molar-refractivity contribution in [3.05, 3.63) is 29.8 Å². The number of ether oxygens (including phenoxy) is 1. The molecule has 0 aromatic heterocycles. The zero-order valence-corrected chi connectivity index (χ0v) is 13.3. The Morgan fingerprint density at radius 1 is 1.43 bits per heavy atom. The minimum absolute atomic E-state index is 0.0232. The van der Waals surface area contributed by atoms with Crippen LogP contribution in [-0.2, 0) is 16.1 Å². The number of methoxy groups -OCH3 is 1. The summed E-state index contributed by atoms with van der Waals surface area (Å²) in [6.07, 6.45) is 0.989. The molecule has 1 rings (SSSR count). The number of rotatable bonds is 9. The number of hydrogen-bond donors (Lipinski definition) is 2. The topological polar surface area (TPSA) is 67.6 Å². The fourth-order valence-corrected chi connectivity index (χ4v) is 2.18. The number of nitrogen functional groups attached to an aromatic ring is 1. The van der Waals surface area contributed by atoms with Crippen molar-refractivity contribution in [1.29, 1.82) is 0 Å². The molecular formula is C16H27N3O2. The Morgan fingerprint density at radius 3 is 2.76 bits per heavy atom.